The van der Waals surface area contributed by atoms with Crippen molar-refractivity contribution < 1.29 is 24.3 Å². The van der Waals surface area contributed by atoms with E-state index >= 15 is 0 Å². The van der Waals surface area contributed by atoms with Crippen molar-refractivity contribution in [2.75, 3.05) is 6.61 Å². The SMILES string of the molecule is C/C=C\CCC(O)(CCC)CCOC(=O)Oc1ccc([N+](=O)[O-])cc1. The molecule has 0 amide bonds. The van der Waals surface area contributed by atoms with Crippen molar-refractivity contribution >= 4 is 11.8 Å². The molecule has 0 fully saturated rings. The largest absolute Gasteiger partial charge is 0.513 e. The first-order chi connectivity index (χ1) is 11.9. The molecule has 0 radical (unpaired) electrons. The van der Waals surface area contributed by atoms with Gasteiger partial charge in [-0.05, 0) is 38.3 Å². The van der Waals surface area contributed by atoms with Gasteiger partial charge >= 0.3 is 6.16 Å². The van der Waals surface area contributed by atoms with Crippen molar-refractivity contribution in [1.29, 1.82) is 0 Å². The molecule has 1 rings (SSSR count). The molecular weight excluding hydrogens is 326 g/mol. The van der Waals surface area contributed by atoms with Crippen LogP contribution in [0.3, 0.4) is 0 Å². The van der Waals surface area contributed by atoms with Gasteiger partial charge in [-0.2, -0.15) is 0 Å². The topological polar surface area (TPSA) is 98.9 Å². The van der Waals surface area contributed by atoms with Crippen molar-refractivity contribution in [3.63, 3.8) is 0 Å². The smallest absolute Gasteiger partial charge is 0.434 e. The van der Waals surface area contributed by atoms with Crippen LogP contribution in [0.1, 0.15) is 46.0 Å². The molecule has 138 valence electrons. The van der Waals surface area contributed by atoms with Crippen molar-refractivity contribution in [1.82, 2.24) is 0 Å². The third kappa shape index (κ3) is 7.80. The lowest BCUT2D eigenvalue weighted by Gasteiger charge is -2.27. The average Bonchev–Trinajstić information content (AvgIpc) is 2.56. The summed E-state index contributed by atoms with van der Waals surface area (Å²) in [5, 5.41) is 21.2. The first-order valence-corrected chi connectivity index (χ1v) is 8.33. The fourth-order valence-electron chi connectivity index (χ4n) is 2.44. The molecule has 0 aromatic heterocycles. The highest BCUT2D eigenvalue weighted by Gasteiger charge is 2.25. The minimum atomic E-state index is -0.902. The van der Waals surface area contributed by atoms with Gasteiger partial charge in [-0.3, -0.25) is 10.1 Å². The second kappa shape index (κ2) is 10.5. The van der Waals surface area contributed by atoms with E-state index in [0.29, 0.717) is 19.3 Å². The highest BCUT2D eigenvalue weighted by Crippen LogP contribution is 2.24. The molecule has 0 spiro atoms. The summed E-state index contributed by atoms with van der Waals surface area (Å²) in [6, 6.07) is 5.13. The third-order valence-corrected chi connectivity index (χ3v) is 3.76. The van der Waals surface area contributed by atoms with Crippen molar-refractivity contribution in [2.45, 2.75) is 51.6 Å². The number of carbonyl (C=O) groups excluding carboxylic acids is 1. The van der Waals surface area contributed by atoms with E-state index in [-0.39, 0.29) is 18.0 Å². The van der Waals surface area contributed by atoms with Gasteiger partial charge in [0, 0.05) is 18.6 Å². The number of benzene rings is 1. The predicted octanol–water partition coefficient (Wildman–Crippen LogP) is 4.39. The lowest BCUT2D eigenvalue weighted by atomic mass is 9.89. The van der Waals surface area contributed by atoms with E-state index in [2.05, 4.69) is 0 Å². The first kappa shape index (κ1) is 20.6. The number of nitrogens with zero attached hydrogens (tertiary/aromatic N) is 1. The van der Waals surface area contributed by atoms with Crippen LogP contribution in [-0.4, -0.2) is 28.4 Å². The summed E-state index contributed by atoms with van der Waals surface area (Å²) in [4.78, 5) is 21.7. The van der Waals surface area contributed by atoms with Crippen molar-refractivity contribution in [3.8, 4) is 5.75 Å². The van der Waals surface area contributed by atoms with E-state index in [1.54, 1.807) is 0 Å². The Morgan fingerprint density at radius 3 is 2.52 bits per heavy atom. The van der Waals surface area contributed by atoms with Crippen LogP contribution < -0.4 is 4.74 Å². The Morgan fingerprint density at radius 1 is 1.28 bits per heavy atom. The Hall–Kier alpha value is -2.41. The molecule has 1 unspecified atom stereocenters. The third-order valence-electron chi connectivity index (χ3n) is 3.76. The summed E-state index contributed by atoms with van der Waals surface area (Å²) in [6.07, 6.45) is 6.18. The molecule has 0 heterocycles. The maximum absolute atomic E-state index is 11.7. The molecular formula is C18H25NO6. The molecule has 7 nitrogen and oxygen atoms in total. The Bertz CT molecular complexity index is 584. The number of nitro groups is 1. The van der Waals surface area contributed by atoms with E-state index in [1.165, 1.54) is 24.3 Å². The van der Waals surface area contributed by atoms with Crippen LogP contribution in [0.4, 0.5) is 10.5 Å². The number of hydrogen-bond acceptors (Lipinski definition) is 6. The van der Waals surface area contributed by atoms with Gasteiger partial charge in [0.25, 0.3) is 5.69 Å². The van der Waals surface area contributed by atoms with Gasteiger partial charge in [-0.15, -0.1) is 0 Å². The van der Waals surface area contributed by atoms with Crippen molar-refractivity contribution in [2.24, 2.45) is 0 Å². The lowest BCUT2D eigenvalue weighted by Crippen LogP contribution is -2.30. The van der Waals surface area contributed by atoms with Crippen LogP contribution in [0, 0.1) is 10.1 Å². The quantitative estimate of drug-likeness (QED) is 0.221. The Kier molecular flexibility index (Phi) is 8.63. The van der Waals surface area contributed by atoms with E-state index in [1.807, 2.05) is 26.0 Å². The monoisotopic (exact) mass is 351 g/mol. The Balaban J connectivity index is 2.44. The maximum atomic E-state index is 11.7. The summed E-state index contributed by atoms with van der Waals surface area (Å²) in [5.74, 6) is 0.160. The van der Waals surface area contributed by atoms with Gasteiger partial charge < -0.3 is 14.6 Å². The van der Waals surface area contributed by atoms with Gasteiger partial charge in [0.05, 0.1) is 17.1 Å². The van der Waals surface area contributed by atoms with Gasteiger partial charge in [0.1, 0.15) is 5.75 Å². The molecule has 0 saturated heterocycles. The number of aliphatic hydroxyl groups is 1. The molecule has 7 heteroatoms. The second-order valence-corrected chi connectivity index (χ2v) is 5.78. The van der Waals surface area contributed by atoms with Gasteiger partial charge in [0.15, 0.2) is 0 Å². The van der Waals surface area contributed by atoms with Gasteiger partial charge in [0.2, 0.25) is 0 Å². The summed E-state index contributed by atoms with van der Waals surface area (Å²) < 4.78 is 9.94. The zero-order chi connectivity index (χ0) is 18.7. The van der Waals surface area contributed by atoms with Gasteiger partial charge in [-0.1, -0.05) is 25.5 Å². The highest BCUT2D eigenvalue weighted by molar-refractivity contribution is 5.63. The standard InChI is InChI=1S/C18H25NO6/c1-3-5-6-12-18(21,11-4-2)13-14-24-17(20)25-16-9-7-15(8-10-16)19(22)23/h3,5,7-10,21H,4,6,11-14H2,1-2H3/b5-3-. The van der Waals surface area contributed by atoms with Crippen LogP contribution in [0.2, 0.25) is 0 Å². The number of carbonyl (C=O) groups is 1. The zero-order valence-electron chi connectivity index (χ0n) is 14.6. The highest BCUT2D eigenvalue weighted by atomic mass is 16.7. The minimum absolute atomic E-state index is 0.0398. The summed E-state index contributed by atoms with van der Waals surface area (Å²) in [7, 11) is 0. The molecule has 0 aliphatic carbocycles. The molecule has 0 bridgehead atoms. The zero-order valence-corrected chi connectivity index (χ0v) is 14.6. The number of ether oxygens (including phenoxy) is 2. The number of hydrogen-bond donors (Lipinski definition) is 1. The molecule has 1 aromatic carbocycles. The number of allylic oxidation sites excluding steroid dienone is 2. The molecule has 25 heavy (non-hydrogen) atoms. The minimum Gasteiger partial charge on any atom is -0.434 e. The molecule has 1 N–H and O–H groups in total. The second-order valence-electron chi connectivity index (χ2n) is 5.78. The van der Waals surface area contributed by atoms with E-state index in [4.69, 9.17) is 9.47 Å². The van der Waals surface area contributed by atoms with Crippen LogP contribution in [0.5, 0.6) is 5.75 Å². The lowest BCUT2D eigenvalue weighted by molar-refractivity contribution is -0.384. The maximum Gasteiger partial charge on any atom is 0.513 e. The van der Waals surface area contributed by atoms with Crippen molar-refractivity contribution in [3.05, 3.63) is 46.5 Å². The molecule has 0 aliphatic rings. The van der Waals surface area contributed by atoms with E-state index in [0.717, 1.165) is 12.8 Å². The number of rotatable bonds is 10. The van der Waals surface area contributed by atoms with Crippen LogP contribution in [0.25, 0.3) is 0 Å². The predicted molar refractivity (Wildman–Crippen MR) is 93.6 cm³/mol. The van der Waals surface area contributed by atoms with E-state index in [9.17, 15) is 20.0 Å². The van der Waals surface area contributed by atoms with Crippen LogP contribution in [0.15, 0.2) is 36.4 Å². The average molecular weight is 351 g/mol. The van der Waals surface area contributed by atoms with Crippen LogP contribution in [-0.2, 0) is 4.74 Å². The fourth-order valence-corrected chi connectivity index (χ4v) is 2.44. The van der Waals surface area contributed by atoms with Crippen LogP contribution >= 0.6 is 0 Å². The molecule has 0 aliphatic heterocycles. The Morgan fingerprint density at radius 2 is 1.96 bits per heavy atom. The summed E-state index contributed by atoms with van der Waals surface area (Å²) in [5.41, 5.74) is -0.964. The normalized spacial score (nSPS) is 13.4. The summed E-state index contributed by atoms with van der Waals surface area (Å²) in [6.45, 7) is 3.96. The molecule has 1 aromatic rings. The Labute approximate surface area is 147 Å². The molecule has 1 atom stereocenters. The first-order valence-electron chi connectivity index (χ1n) is 8.33. The number of nitro benzene ring substituents is 1. The fraction of sp³-hybridized carbons (Fsp3) is 0.500. The molecule has 0 saturated carbocycles. The van der Waals surface area contributed by atoms with E-state index < -0.39 is 16.7 Å². The summed E-state index contributed by atoms with van der Waals surface area (Å²) >= 11 is 0. The van der Waals surface area contributed by atoms with Gasteiger partial charge in [-0.25, -0.2) is 4.79 Å². The number of non-ortho nitro benzene ring substituents is 1.